The van der Waals surface area contributed by atoms with Gasteiger partial charge in [0.15, 0.2) is 0 Å². The third-order valence-corrected chi connectivity index (χ3v) is 5.08. The number of hydrogen-bond donors (Lipinski definition) is 1. The molecule has 2 aromatic rings. The molecule has 3 rings (SSSR count). The highest BCUT2D eigenvalue weighted by atomic mass is 32.1. The molecule has 2 nitrogen and oxygen atoms in total. The van der Waals surface area contributed by atoms with Crippen LogP contribution in [0.4, 0.5) is 5.69 Å². The standard InChI is InChI=1S/C16H20N2S/c1-11-7-13-5-3-4-6-16(13)18(11)10-14-8-15(9-17)19-12(14)2/h3-6,8,11H,7,9-10,17H2,1-2H3. The van der Waals surface area contributed by atoms with Gasteiger partial charge in [0.1, 0.15) is 0 Å². The predicted molar refractivity (Wildman–Crippen MR) is 82.7 cm³/mol. The van der Waals surface area contributed by atoms with Gasteiger partial charge in [-0.15, -0.1) is 11.3 Å². The summed E-state index contributed by atoms with van der Waals surface area (Å²) in [5.41, 5.74) is 10.0. The smallest absolute Gasteiger partial charge is 0.0443 e. The van der Waals surface area contributed by atoms with Crippen molar-refractivity contribution in [2.24, 2.45) is 5.73 Å². The van der Waals surface area contributed by atoms with Crippen LogP contribution < -0.4 is 10.6 Å². The van der Waals surface area contributed by atoms with Gasteiger partial charge >= 0.3 is 0 Å². The largest absolute Gasteiger partial charge is 0.364 e. The molecule has 0 fully saturated rings. The minimum atomic E-state index is 0.582. The zero-order valence-electron chi connectivity index (χ0n) is 11.5. The number of nitrogens with two attached hydrogens (primary N) is 1. The number of hydrogen-bond acceptors (Lipinski definition) is 3. The summed E-state index contributed by atoms with van der Waals surface area (Å²) in [5, 5.41) is 0. The van der Waals surface area contributed by atoms with Gasteiger partial charge in [-0.05, 0) is 43.5 Å². The Bertz CT molecular complexity index is 588. The van der Waals surface area contributed by atoms with Crippen LogP contribution in [0.3, 0.4) is 0 Å². The Morgan fingerprint density at radius 2 is 2.16 bits per heavy atom. The van der Waals surface area contributed by atoms with Gasteiger partial charge in [-0.25, -0.2) is 0 Å². The first-order valence-electron chi connectivity index (χ1n) is 6.82. The minimum absolute atomic E-state index is 0.582. The van der Waals surface area contributed by atoms with E-state index in [1.54, 1.807) is 0 Å². The van der Waals surface area contributed by atoms with Crippen LogP contribution in [0.2, 0.25) is 0 Å². The fraction of sp³-hybridized carbons (Fsp3) is 0.375. The second-order valence-corrected chi connectivity index (χ2v) is 6.65. The van der Waals surface area contributed by atoms with Crippen LogP contribution in [0.15, 0.2) is 30.3 Å². The lowest BCUT2D eigenvalue weighted by Gasteiger charge is -2.25. The quantitative estimate of drug-likeness (QED) is 0.927. The van der Waals surface area contributed by atoms with Gasteiger partial charge in [0, 0.05) is 34.6 Å². The molecule has 0 spiro atoms. The van der Waals surface area contributed by atoms with Crippen LogP contribution in [0, 0.1) is 6.92 Å². The maximum Gasteiger partial charge on any atom is 0.0443 e. The van der Waals surface area contributed by atoms with Crippen LogP contribution in [0.1, 0.15) is 27.8 Å². The molecule has 0 saturated heterocycles. The van der Waals surface area contributed by atoms with Crippen molar-refractivity contribution < 1.29 is 0 Å². The van der Waals surface area contributed by atoms with E-state index in [4.69, 9.17) is 5.73 Å². The zero-order valence-corrected chi connectivity index (χ0v) is 12.3. The molecule has 0 aliphatic carbocycles. The average Bonchev–Trinajstić information content (AvgIpc) is 2.92. The van der Waals surface area contributed by atoms with Crippen LogP contribution in [-0.4, -0.2) is 6.04 Å². The zero-order chi connectivity index (χ0) is 13.4. The number of fused-ring (bicyclic) bond motifs is 1. The summed E-state index contributed by atoms with van der Waals surface area (Å²) in [6, 6.07) is 11.6. The summed E-state index contributed by atoms with van der Waals surface area (Å²) in [5.74, 6) is 0. The van der Waals surface area contributed by atoms with Gasteiger partial charge in [0.05, 0.1) is 0 Å². The highest BCUT2D eigenvalue weighted by Gasteiger charge is 2.26. The lowest BCUT2D eigenvalue weighted by atomic mass is 10.1. The van der Waals surface area contributed by atoms with Crippen molar-refractivity contribution in [2.45, 2.75) is 39.4 Å². The summed E-state index contributed by atoms with van der Waals surface area (Å²) in [7, 11) is 0. The second-order valence-electron chi connectivity index (χ2n) is 5.31. The van der Waals surface area contributed by atoms with Crippen LogP contribution in [0.5, 0.6) is 0 Å². The summed E-state index contributed by atoms with van der Waals surface area (Å²) < 4.78 is 0. The lowest BCUT2D eigenvalue weighted by molar-refractivity contribution is 0.672. The van der Waals surface area contributed by atoms with Gasteiger partial charge in [0.2, 0.25) is 0 Å². The summed E-state index contributed by atoms with van der Waals surface area (Å²) in [6.45, 7) is 6.16. The van der Waals surface area contributed by atoms with Gasteiger partial charge < -0.3 is 10.6 Å². The molecule has 0 bridgehead atoms. The second kappa shape index (κ2) is 4.99. The SMILES string of the molecule is Cc1sc(CN)cc1CN1c2ccccc2CC1C. The lowest BCUT2D eigenvalue weighted by Crippen LogP contribution is -2.28. The molecule has 1 unspecified atom stereocenters. The van der Waals surface area contributed by atoms with E-state index in [-0.39, 0.29) is 0 Å². The van der Waals surface area contributed by atoms with E-state index in [0.29, 0.717) is 12.6 Å². The normalized spacial score (nSPS) is 17.8. The van der Waals surface area contributed by atoms with Crippen molar-refractivity contribution in [1.82, 2.24) is 0 Å². The number of anilines is 1. The minimum Gasteiger partial charge on any atom is -0.364 e. The Morgan fingerprint density at radius 3 is 2.89 bits per heavy atom. The summed E-state index contributed by atoms with van der Waals surface area (Å²) >= 11 is 1.83. The third-order valence-electron chi connectivity index (χ3n) is 3.96. The fourth-order valence-electron chi connectivity index (χ4n) is 2.90. The molecule has 19 heavy (non-hydrogen) atoms. The predicted octanol–water partition coefficient (Wildman–Crippen LogP) is 3.47. The van der Waals surface area contributed by atoms with Crippen LogP contribution >= 0.6 is 11.3 Å². The molecule has 1 aliphatic heterocycles. The average molecular weight is 272 g/mol. The van der Waals surface area contributed by atoms with E-state index in [2.05, 4.69) is 49.1 Å². The fourth-order valence-corrected chi connectivity index (χ4v) is 3.83. The molecule has 2 N–H and O–H groups in total. The molecule has 1 aliphatic rings. The first-order chi connectivity index (χ1) is 9.19. The highest BCUT2D eigenvalue weighted by molar-refractivity contribution is 7.12. The van der Waals surface area contributed by atoms with Crippen molar-refractivity contribution >= 4 is 17.0 Å². The van der Waals surface area contributed by atoms with Gasteiger partial charge in [-0.2, -0.15) is 0 Å². The van der Waals surface area contributed by atoms with E-state index in [0.717, 1.165) is 13.0 Å². The van der Waals surface area contributed by atoms with E-state index >= 15 is 0 Å². The van der Waals surface area contributed by atoms with Crippen molar-refractivity contribution in [2.75, 3.05) is 4.90 Å². The Morgan fingerprint density at radius 1 is 1.37 bits per heavy atom. The molecule has 1 aromatic heterocycles. The van der Waals surface area contributed by atoms with E-state index in [1.165, 1.54) is 26.6 Å². The molecular formula is C16H20N2S. The Balaban J connectivity index is 1.89. The monoisotopic (exact) mass is 272 g/mol. The number of rotatable bonds is 3. The van der Waals surface area contributed by atoms with Crippen molar-refractivity contribution in [3.63, 3.8) is 0 Å². The molecule has 3 heteroatoms. The molecule has 1 aromatic carbocycles. The van der Waals surface area contributed by atoms with Crippen LogP contribution in [-0.2, 0) is 19.5 Å². The van der Waals surface area contributed by atoms with Crippen LogP contribution in [0.25, 0.3) is 0 Å². The summed E-state index contributed by atoms with van der Waals surface area (Å²) in [6.07, 6.45) is 1.16. The number of benzene rings is 1. The molecule has 0 saturated carbocycles. The Labute approximate surface area is 118 Å². The Kier molecular flexibility index (Phi) is 3.33. The van der Waals surface area contributed by atoms with Crippen molar-refractivity contribution in [3.8, 4) is 0 Å². The molecule has 1 atom stereocenters. The maximum atomic E-state index is 5.74. The highest BCUT2D eigenvalue weighted by Crippen LogP contribution is 2.34. The number of nitrogens with zero attached hydrogens (tertiary/aromatic N) is 1. The molecule has 2 heterocycles. The molecule has 0 radical (unpaired) electrons. The number of aryl methyl sites for hydroxylation is 1. The van der Waals surface area contributed by atoms with Gasteiger partial charge in [0.25, 0.3) is 0 Å². The van der Waals surface area contributed by atoms with E-state index in [1.807, 2.05) is 11.3 Å². The molecular weight excluding hydrogens is 252 g/mol. The van der Waals surface area contributed by atoms with Gasteiger partial charge in [-0.3, -0.25) is 0 Å². The van der Waals surface area contributed by atoms with E-state index < -0.39 is 0 Å². The first-order valence-corrected chi connectivity index (χ1v) is 7.63. The van der Waals surface area contributed by atoms with Crippen molar-refractivity contribution in [3.05, 3.63) is 51.2 Å². The third kappa shape index (κ3) is 2.28. The first kappa shape index (κ1) is 12.7. The van der Waals surface area contributed by atoms with Crippen molar-refractivity contribution in [1.29, 1.82) is 0 Å². The molecule has 0 amide bonds. The maximum absolute atomic E-state index is 5.74. The van der Waals surface area contributed by atoms with E-state index in [9.17, 15) is 0 Å². The number of thiophene rings is 1. The topological polar surface area (TPSA) is 29.3 Å². The summed E-state index contributed by atoms with van der Waals surface area (Å²) in [4.78, 5) is 5.20. The van der Waals surface area contributed by atoms with Gasteiger partial charge in [-0.1, -0.05) is 18.2 Å². The number of para-hydroxylation sites is 1. The Hall–Kier alpha value is -1.32. The molecule has 100 valence electrons.